The van der Waals surface area contributed by atoms with Gasteiger partial charge in [-0.15, -0.1) is 0 Å². The van der Waals surface area contributed by atoms with Gasteiger partial charge in [0.1, 0.15) is 0 Å². The predicted octanol–water partition coefficient (Wildman–Crippen LogP) is 2.87. The van der Waals surface area contributed by atoms with E-state index in [1.807, 2.05) is 0 Å². The van der Waals surface area contributed by atoms with E-state index in [4.69, 9.17) is 5.73 Å². The number of nitrogens with zero attached hydrogens (tertiary/aromatic N) is 1. The van der Waals surface area contributed by atoms with Crippen molar-refractivity contribution < 1.29 is 0 Å². The SMILES string of the molecule is CC1CCCC(N)(CN2CCC(C)C(C)C2)C1. The Hall–Kier alpha value is -0.0800. The maximum atomic E-state index is 6.62. The Kier molecular flexibility index (Phi) is 4.14. The Morgan fingerprint density at radius 3 is 2.59 bits per heavy atom. The van der Waals surface area contributed by atoms with Gasteiger partial charge in [0.15, 0.2) is 0 Å². The van der Waals surface area contributed by atoms with Gasteiger partial charge in [0.05, 0.1) is 0 Å². The van der Waals surface area contributed by atoms with Gasteiger partial charge in [-0.2, -0.15) is 0 Å². The first-order valence-electron chi connectivity index (χ1n) is 7.50. The Bertz CT molecular complexity index is 253. The minimum absolute atomic E-state index is 0.109. The van der Waals surface area contributed by atoms with Gasteiger partial charge in [-0.25, -0.2) is 0 Å². The molecule has 4 unspecified atom stereocenters. The lowest BCUT2D eigenvalue weighted by atomic mass is 9.76. The smallest absolute Gasteiger partial charge is 0.0285 e. The first-order chi connectivity index (χ1) is 7.98. The molecule has 2 fully saturated rings. The van der Waals surface area contributed by atoms with E-state index in [0.717, 1.165) is 24.3 Å². The molecule has 2 aliphatic rings. The second-order valence-corrected chi connectivity index (χ2v) is 7.04. The van der Waals surface area contributed by atoms with Crippen LogP contribution in [0.2, 0.25) is 0 Å². The zero-order valence-electron chi connectivity index (χ0n) is 11.9. The van der Waals surface area contributed by atoms with Crippen LogP contribution in [0.15, 0.2) is 0 Å². The van der Waals surface area contributed by atoms with Gasteiger partial charge in [0.2, 0.25) is 0 Å². The molecule has 4 atom stereocenters. The largest absolute Gasteiger partial charge is 0.324 e. The highest BCUT2D eigenvalue weighted by molar-refractivity contribution is 4.93. The van der Waals surface area contributed by atoms with E-state index in [-0.39, 0.29) is 5.54 Å². The number of likely N-dealkylation sites (tertiary alicyclic amines) is 1. The predicted molar refractivity (Wildman–Crippen MR) is 73.9 cm³/mol. The first-order valence-corrected chi connectivity index (χ1v) is 7.50. The summed E-state index contributed by atoms with van der Waals surface area (Å²) in [6.07, 6.45) is 6.53. The van der Waals surface area contributed by atoms with Crippen molar-refractivity contribution in [3.05, 3.63) is 0 Å². The van der Waals surface area contributed by atoms with E-state index < -0.39 is 0 Å². The van der Waals surface area contributed by atoms with E-state index >= 15 is 0 Å². The fourth-order valence-corrected chi connectivity index (χ4v) is 3.78. The Balaban J connectivity index is 1.87. The Labute approximate surface area is 107 Å². The van der Waals surface area contributed by atoms with Gasteiger partial charge in [-0.05, 0) is 43.6 Å². The van der Waals surface area contributed by atoms with Crippen LogP contribution in [-0.2, 0) is 0 Å². The van der Waals surface area contributed by atoms with E-state index in [0.29, 0.717) is 0 Å². The number of nitrogens with two attached hydrogens (primary N) is 1. The van der Waals surface area contributed by atoms with Crippen molar-refractivity contribution in [2.45, 2.75) is 58.4 Å². The van der Waals surface area contributed by atoms with Crippen molar-refractivity contribution >= 4 is 0 Å². The van der Waals surface area contributed by atoms with Crippen LogP contribution in [0.5, 0.6) is 0 Å². The molecule has 0 radical (unpaired) electrons. The lowest BCUT2D eigenvalue weighted by Gasteiger charge is -2.43. The first kappa shape index (κ1) is 13.4. The highest BCUT2D eigenvalue weighted by Crippen LogP contribution is 2.32. The van der Waals surface area contributed by atoms with Gasteiger partial charge in [0, 0.05) is 18.6 Å². The molecule has 17 heavy (non-hydrogen) atoms. The lowest BCUT2D eigenvalue weighted by Crippen LogP contribution is -2.55. The summed E-state index contributed by atoms with van der Waals surface area (Å²) in [4.78, 5) is 2.63. The molecular formula is C15H30N2. The van der Waals surface area contributed by atoms with E-state index in [2.05, 4.69) is 25.7 Å². The molecule has 0 aromatic carbocycles. The molecule has 2 heteroatoms. The van der Waals surface area contributed by atoms with Crippen LogP contribution in [0.1, 0.15) is 52.9 Å². The molecule has 0 amide bonds. The third-order valence-corrected chi connectivity index (χ3v) is 5.08. The second kappa shape index (κ2) is 5.27. The average molecular weight is 238 g/mol. The van der Waals surface area contributed by atoms with Gasteiger partial charge in [-0.3, -0.25) is 0 Å². The highest BCUT2D eigenvalue weighted by Gasteiger charge is 2.34. The summed E-state index contributed by atoms with van der Waals surface area (Å²) in [7, 11) is 0. The molecular weight excluding hydrogens is 208 g/mol. The van der Waals surface area contributed by atoms with Crippen LogP contribution in [0.4, 0.5) is 0 Å². The van der Waals surface area contributed by atoms with E-state index in [1.165, 1.54) is 45.2 Å². The third-order valence-electron chi connectivity index (χ3n) is 5.08. The minimum atomic E-state index is 0.109. The number of piperidine rings is 1. The number of rotatable bonds is 2. The van der Waals surface area contributed by atoms with Crippen molar-refractivity contribution in [1.29, 1.82) is 0 Å². The zero-order chi connectivity index (χ0) is 12.5. The summed E-state index contributed by atoms with van der Waals surface area (Å²) >= 11 is 0. The van der Waals surface area contributed by atoms with E-state index in [9.17, 15) is 0 Å². The molecule has 1 saturated heterocycles. The molecule has 0 bridgehead atoms. The van der Waals surface area contributed by atoms with Crippen LogP contribution >= 0.6 is 0 Å². The van der Waals surface area contributed by atoms with Crippen LogP contribution in [0.25, 0.3) is 0 Å². The van der Waals surface area contributed by atoms with Crippen LogP contribution in [-0.4, -0.2) is 30.1 Å². The molecule has 0 aromatic rings. The topological polar surface area (TPSA) is 29.3 Å². The van der Waals surface area contributed by atoms with Crippen molar-refractivity contribution in [1.82, 2.24) is 4.90 Å². The Morgan fingerprint density at radius 1 is 1.18 bits per heavy atom. The van der Waals surface area contributed by atoms with Crippen molar-refractivity contribution in [2.75, 3.05) is 19.6 Å². The standard InChI is InChI=1S/C15H30N2/c1-12-5-4-7-15(16,9-12)11-17-8-6-13(2)14(3)10-17/h12-14H,4-11,16H2,1-3H3. The Morgan fingerprint density at radius 2 is 1.94 bits per heavy atom. The molecule has 0 spiro atoms. The van der Waals surface area contributed by atoms with E-state index in [1.54, 1.807) is 0 Å². The van der Waals surface area contributed by atoms with Crippen LogP contribution in [0, 0.1) is 17.8 Å². The lowest BCUT2D eigenvalue weighted by molar-refractivity contribution is 0.0903. The fraction of sp³-hybridized carbons (Fsp3) is 1.00. The molecule has 1 aliphatic carbocycles. The summed E-state index contributed by atoms with van der Waals surface area (Å²) < 4.78 is 0. The van der Waals surface area contributed by atoms with Crippen LogP contribution < -0.4 is 5.73 Å². The average Bonchev–Trinajstić information content (AvgIpc) is 2.22. The summed E-state index contributed by atoms with van der Waals surface area (Å²) in [5.74, 6) is 2.56. The summed E-state index contributed by atoms with van der Waals surface area (Å²) in [6.45, 7) is 10.8. The quantitative estimate of drug-likeness (QED) is 0.801. The molecule has 2 N–H and O–H groups in total. The zero-order valence-corrected chi connectivity index (χ0v) is 11.9. The summed E-state index contributed by atoms with van der Waals surface area (Å²) in [5, 5.41) is 0. The van der Waals surface area contributed by atoms with Crippen molar-refractivity contribution in [3.8, 4) is 0 Å². The molecule has 1 saturated carbocycles. The second-order valence-electron chi connectivity index (χ2n) is 7.04. The third kappa shape index (κ3) is 3.45. The highest BCUT2D eigenvalue weighted by atomic mass is 15.2. The van der Waals surface area contributed by atoms with Crippen LogP contribution in [0.3, 0.4) is 0 Å². The molecule has 100 valence electrons. The monoisotopic (exact) mass is 238 g/mol. The molecule has 1 aliphatic heterocycles. The maximum Gasteiger partial charge on any atom is 0.0285 e. The van der Waals surface area contributed by atoms with Crippen molar-refractivity contribution in [2.24, 2.45) is 23.5 Å². The maximum absolute atomic E-state index is 6.62. The number of hydrogen-bond donors (Lipinski definition) is 1. The number of hydrogen-bond acceptors (Lipinski definition) is 2. The summed E-state index contributed by atoms with van der Waals surface area (Å²) in [5.41, 5.74) is 6.73. The molecule has 2 rings (SSSR count). The van der Waals surface area contributed by atoms with Gasteiger partial charge >= 0.3 is 0 Å². The minimum Gasteiger partial charge on any atom is -0.324 e. The molecule has 2 nitrogen and oxygen atoms in total. The molecule has 1 heterocycles. The molecule has 0 aromatic heterocycles. The van der Waals surface area contributed by atoms with Crippen molar-refractivity contribution in [3.63, 3.8) is 0 Å². The normalized spacial score (nSPS) is 44.8. The fourth-order valence-electron chi connectivity index (χ4n) is 3.78. The van der Waals surface area contributed by atoms with Gasteiger partial charge in [-0.1, -0.05) is 33.6 Å². The summed E-state index contributed by atoms with van der Waals surface area (Å²) in [6, 6.07) is 0. The van der Waals surface area contributed by atoms with Gasteiger partial charge < -0.3 is 10.6 Å². The van der Waals surface area contributed by atoms with Gasteiger partial charge in [0.25, 0.3) is 0 Å².